The van der Waals surface area contributed by atoms with Crippen LogP contribution in [0.15, 0.2) is 12.1 Å². The van der Waals surface area contributed by atoms with E-state index in [1.54, 1.807) is 0 Å². The molecular weight excluding hydrogens is 162 g/mol. The van der Waals surface area contributed by atoms with Gasteiger partial charge in [0.1, 0.15) is 0 Å². The monoisotopic (exact) mass is 176 g/mol. The van der Waals surface area contributed by atoms with Gasteiger partial charge in [-0.1, -0.05) is 0 Å². The number of rotatable bonds is 1. The summed E-state index contributed by atoms with van der Waals surface area (Å²) < 4.78 is 0. The first-order valence-corrected chi connectivity index (χ1v) is 4.20. The van der Waals surface area contributed by atoms with E-state index in [1.807, 2.05) is 45.0 Å². The molecule has 3 heteroatoms. The van der Waals surface area contributed by atoms with Crippen molar-refractivity contribution >= 4 is 11.4 Å². The molecule has 0 fully saturated rings. The third-order valence-electron chi connectivity index (χ3n) is 2.10. The second-order valence-corrected chi connectivity index (χ2v) is 3.42. The summed E-state index contributed by atoms with van der Waals surface area (Å²) >= 11 is 0. The van der Waals surface area contributed by atoms with Crippen LogP contribution in [-0.4, -0.2) is 14.1 Å². The number of aryl methyl sites for hydroxylation is 2. The normalized spacial score (nSPS) is 9.46. The number of anilines is 1. The lowest BCUT2D eigenvalue weighted by atomic mass is 10.1. The largest absolute Gasteiger partial charge is 0.388 e. The third-order valence-corrected chi connectivity index (χ3v) is 2.10. The summed E-state index contributed by atoms with van der Waals surface area (Å²) in [5.74, 6) is 0. The van der Waals surface area contributed by atoms with Crippen molar-refractivity contribution in [3.8, 4) is 0 Å². The molecular formula is C10H14N3+. The maximum atomic E-state index is 8.68. The molecule has 1 aromatic carbocycles. The van der Waals surface area contributed by atoms with Crippen LogP contribution in [0.2, 0.25) is 0 Å². The Labute approximate surface area is 78.6 Å². The fourth-order valence-corrected chi connectivity index (χ4v) is 1.38. The van der Waals surface area contributed by atoms with Crippen LogP contribution in [0.25, 0.3) is 4.98 Å². The average molecular weight is 176 g/mol. The highest BCUT2D eigenvalue weighted by atomic mass is 15.1. The zero-order valence-electron chi connectivity index (χ0n) is 8.50. The maximum Gasteiger partial charge on any atom is 0.388 e. The van der Waals surface area contributed by atoms with E-state index >= 15 is 0 Å². The lowest BCUT2D eigenvalue weighted by Crippen LogP contribution is -2.10. The second kappa shape index (κ2) is 3.44. The maximum absolute atomic E-state index is 8.68. The highest BCUT2D eigenvalue weighted by molar-refractivity contribution is 5.64. The first-order valence-electron chi connectivity index (χ1n) is 4.20. The minimum absolute atomic E-state index is 0.642. The molecule has 0 saturated carbocycles. The van der Waals surface area contributed by atoms with E-state index in [0.717, 1.165) is 16.8 Å². The Balaban J connectivity index is 3.31. The van der Waals surface area contributed by atoms with E-state index in [1.165, 1.54) is 0 Å². The van der Waals surface area contributed by atoms with E-state index in [4.69, 9.17) is 5.39 Å². The molecule has 0 aliphatic rings. The molecule has 1 rings (SSSR count). The lowest BCUT2D eigenvalue weighted by Gasteiger charge is -2.14. The van der Waals surface area contributed by atoms with Gasteiger partial charge in [0.25, 0.3) is 0 Å². The van der Waals surface area contributed by atoms with Gasteiger partial charge in [-0.15, -0.1) is 0 Å². The van der Waals surface area contributed by atoms with Crippen LogP contribution < -0.4 is 4.90 Å². The van der Waals surface area contributed by atoms with Gasteiger partial charge < -0.3 is 4.90 Å². The van der Waals surface area contributed by atoms with Gasteiger partial charge in [0, 0.05) is 31.4 Å². The van der Waals surface area contributed by atoms with Crippen LogP contribution in [0.5, 0.6) is 0 Å². The summed E-state index contributed by atoms with van der Waals surface area (Å²) in [6.07, 6.45) is 0. The molecule has 0 bridgehead atoms. The molecule has 0 amide bonds. The first-order chi connectivity index (χ1) is 6.06. The van der Waals surface area contributed by atoms with Crippen LogP contribution >= 0.6 is 0 Å². The van der Waals surface area contributed by atoms with Crippen molar-refractivity contribution in [2.75, 3.05) is 19.0 Å². The predicted molar refractivity (Wildman–Crippen MR) is 55.0 cm³/mol. The number of hydrogen-bond acceptors (Lipinski definition) is 2. The summed E-state index contributed by atoms with van der Waals surface area (Å²) in [4.78, 5) is 5.26. The molecule has 13 heavy (non-hydrogen) atoms. The Hall–Kier alpha value is -1.56. The van der Waals surface area contributed by atoms with Crippen molar-refractivity contribution in [3.63, 3.8) is 0 Å². The van der Waals surface area contributed by atoms with Crippen LogP contribution in [0.1, 0.15) is 11.1 Å². The van der Waals surface area contributed by atoms with Crippen molar-refractivity contribution in [3.05, 3.63) is 28.2 Å². The van der Waals surface area contributed by atoms with Crippen LogP contribution in [0, 0.1) is 19.2 Å². The zero-order valence-corrected chi connectivity index (χ0v) is 8.50. The molecule has 68 valence electrons. The van der Waals surface area contributed by atoms with E-state index in [2.05, 4.69) is 4.98 Å². The number of nitrogens with zero attached hydrogens (tertiary/aromatic N) is 3. The SMILES string of the molecule is Cc1cc(N(C)C)c(C)cc1[N+]#N. The summed E-state index contributed by atoms with van der Waals surface area (Å²) in [7, 11) is 4.00. The van der Waals surface area contributed by atoms with Crippen molar-refractivity contribution in [2.24, 2.45) is 0 Å². The molecule has 3 nitrogen and oxygen atoms in total. The number of benzene rings is 1. The van der Waals surface area contributed by atoms with Gasteiger partial charge in [0.2, 0.25) is 5.39 Å². The van der Waals surface area contributed by atoms with Crippen molar-refractivity contribution in [1.29, 1.82) is 5.39 Å². The molecule has 0 heterocycles. The molecule has 0 aromatic heterocycles. The summed E-state index contributed by atoms with van der Waals surface area (Å²) in [6, 6.07) is 3.90. The molecule has 0 radical (unpaired) electrons. The third kappa shape index (κ3) is 1.78. The van der Waals surface area contributed by atoms with E-state index < -0.39 is 0 Å². The van der Waals surface area contributed by atoms with Gasteiger partial charge in [0.15, 0.2) is 4.98 Å². The van der Waals surface area contributed by atoms with Gasteiger partial charge in [-0.2, -0.15) is 0 Å². The number of diazo groups is 1. The highest BCUT2D eigenvalue weighted by Crippen LogP contribution is 2.27. The van der Waals surface area contributed by atoms with Gasteiger partial charge in [-0.05, 0) is 25.5 Å². The van der Waals surface area contributed by atoms with Crippen molar-refractivity contribution < 1.29 is 0 Å². The Kier molecular flexibility index (Phi) is 2.52. The summed E-state index contributed by atoms with van der Waals surface area (Å²) in [6.45, 7) is 3.94. The smallest absolute Gasteiger partial charge is 0.377 e. The Bertz CT molecular complexity index is 361. The topological polar surface area (TPSA) is 31.4 Å². The Morgan fingerprint density at radius 1 is 1.15 bits per heavy atom. The molecule has 0 atom stereocenters. The van der Waals surface area contributed by atoms with Crippen LogP contribution in [0.4, 0.5) is 11.4 Å². The standard InChI is InChI=1S/C10H14N3/c1-7-6-10(13(3)4)8(2)5-9(7)12-11/h5-6H,1-4H3/q+1. The van der Waals surface area contributed by atoms with E-state index in [9.17, 15) is 0 Å². The van der Waals surface area contributed by atoms with Crippen molar-refractivity contribution in [1.82, 2.24) is 0 Å². The molecule has 0 saturated heterocycles. The van der Waals surface area contributed by atoms with E-state index in [-0.39, 0.29) is 0 Å². The molecule has 0 aliphatic carbocycles. The zero-order chi connectivity index (χ0) is 10.0. The molecule has 1 aromatic rings. The fourth-order valence-electron chi connectivity index (χ4n) is 1.38. The minimum Gasteiger partial charge on any atom is -0.377 e. The quantitative estimate of drug-likeness (QED) is 0.616. The fraction of sp³-hybridized carbons (Fsp3) is 0.400. The van der Waals surface area contributed by atoms with Crippen molar-refractivity contribution in [2.45, 2.75) is 13.8 Å². The predicted octanol–water partition coefficient (Wildman–Crippen LogP) is 2.85. The Morgan fingerprint density at radius 2 is 1.77 bits per heavy atom. The summed E-state index contributed by atoms with van der Waals surface area (Å²) in [5.41, 5.74) is 3.90. The van der Waals surface area contributed by atoms with Gasteiger partial charge in [-0.3, -0.25) is 0 Å². The van der Waals surface area contributed by atoms with Crippen LogP contribution in [0.3, 0.4) is 0 Å². The van der Waals surface area contributed by atoms with Gasteiger partial charge >= 0.3 is 5.69 Å². The second-order valence-electron chi connectivity index (χ2n) is 3.42. The molecule has 0 spiro atoms. The number of hydrogen-bond donors (Lipinski definition) is 0. The van der Waals surface area contributed by atoms with Crippen LogP contribution in [-0.2, 0) is 0 Å². The summed E-state index contributed by atoms with van der Waals surface area (Å²) in [5, 5.41) is 8.68. The van der Waals surface area contributed by atoms with Gasteiger partial charge in [-0.25, -0.2) is 0 Å². The van der Waals surface area contributed by atoms with Gasteiger partial charge in [0.05, 0.1) is 0 Å². The first kappa shape index (κ1) is 9.53. The highest BCUT2D eigenvalue weighted by Gasteiger charge is 2.13. The Morgan fingerprint density at radius 3 is 2.23 bits per heavy atom. The lowest BCUT2D eigenvalue weighted by molar-refractivity contribution is 1.11. The van der Waals surface area contributed by atoms with E-state index in [0.29, 0.717) is 5.69 Å². The average Bonchev–Trinajstić information content (AvgIpc) is 2.07. The molecule has 0 aliphatic heterocycles. The molecule has 0 N–H and O–H groups in total. The molecule has 0 unspecified atom stereocenters. The minimum atomic E-state index is 0.642.